The van der Waals surface area contributed by atoms with E-state index < -0.39 is 35.1 Å². The topological polar surface area (TPSA) is 108 Å². The number of rotatable bonds is 9. The number of alkyl halides is 1. The predicted octanol–water partition coefficient (Wildman–Crippen LogP) is 1.34. The molecule has 0 aliphatic carbocycles. The summed E-state index contributed by atoms with van der Waals surface area (Å²) in [6.07, 6.45) is 2.99. The second kappa shape index (κ2) is 9.35. The minimum Gasteiger partial charge on any atom is -0.396 e. The van der Waals surface area contributed by atoms with Crippen LogP contribution in [-0.2, 0) is 19.1 Å². The van der Waals surface area contributed by atoms with E-state index in [4.69, 9.17) is 9.84 Å². The van der Waals surface area contributed by atoms with E-state index in [9.17, 15) is 14.4 Å². The van der Waals surface area contributed by atoms with Crippen LogP contribution in [0.1, 0.15) is 59.8 Å². The standard InChI is InChI=1S/C22H36BrN3O5/c1-5-9-24-18(28)14-15-20(30)26(10-7-6-8-11-27)17(19(29)25-21(2,3)4)22(15)12-13(23)16(14)31-22/h13-17,27H,5-12H2,1-4H3,(H,24,28)(H,25,29)/t13?,14-,15+,16-,17?,22?/m1/s1. The smallest absolute Gasteiger partial charge is 0.246 e. The first-order valence-electron chi connectivity index (χ1n) is 11.4. The Kier molecular flexibility index (Phi) is 7.38. The number of hydrogen-bond acceptors (Lipinski definition) is 5. The zero-order valence-corrected chi connectivity index (χ0v) is 20.5. The molecule has 6 atom stereocenters. The van der Waals surface area contributed by atoms with E-state index in [1.54, 1.807) is 4.90 Å². The van der Waals surface area contributed by atoms with Crippen molar-refractivity contribution in [3.05, 3.63) is 0 Å². The fraction of sp³-hybridized carbons (Fsp3) is 0.864. The number of ether oxygens (including phenoxy) is 1. The predicted molar refractivity (Wildman–Crippen MR) is 120 cm³/mol. The van der Waals surface area contributed by atoms with E-state index >= 15 is 0 Å². The summed E-state index contributed by atoms with van der Waals surface area (Å²) in [6, 6.07) is -0.771. The molecule has 3 aliphatic rings. The molecule has 3 rings (SSSR count). The van der Waals surface area contributed by atoms with Gasteiger partial charge in [0.2, 0.25) is 17.7 Å². The van der Waals surface area contributed by atoms with E-state index in [0.29, 0.717) is 32.4 Å². The van der Waals surface area contributed by atoms with Crippen LogP contribution >= 0.6 is 15.9 Å². The zero-order chi connectivity index (χ0) is 23.0. The fourth-order valence-corrected chi connectivity index (χ4v) is 6.29. The van der Waals surface area contributed by atoms with E-state index in [1.807, 2.05) is 27.7 Å². The summed E-state index contributed by atoms with van der Waals surface area (Å²) < 4.78 is 6.42. The lowest BCUT2D eigenvalue weighted by Gasteiger charge is -2.36. The molecule has 0 radical (unpaired) electrons. The average molecular weight is 502 g/mol. The molecule has 0 aromatic heterocycles. The number of aliphatic hydroxyl groups is 1. The van der Waals surface area contributed by atoms with Crippen LogP contribution in [0.3, 0.4) is 0 Å². The number of unbranched alkanes of at least 4 members (excludes halogenated alkanes) is 2. The number of amides is 3. The monoisotopic (exact) mass is 501 g/mol. The van der Waals surface area contributed by atoms with Gasteiger partial charge in [-0.25, -0.2) is 0 Å². The second-order valence-electron chi connectivity index (χ2n) is 10.0. The summed E-state index contributed by atoms with van der Waals surface area (Å²) in [6.45, 7) is 8.75. The number of fused-ring (bicyclic) bond motifs is 1. The molecule has 31 heavy (non-hydrogen) atoms. The summed E-state index contributed by atoms with van der Waals surface area (Å²) in [5.74, 6) is -1.84. The molecule has 3 amide bonds. The number of carbonyl (C=O) groups is 3. The molecule has 3 unspecified atom stereocenters. The number of halogens is 1. The van der Waals surface area contributed by atoms with E-state index in [0.717, 1.165) is 12.8 Å². The van der Waals surface area contributed by atoms with Crippen LogP contribution in [0.2, 0.25) is 0 Å². The number of nitrogens with one attached hydrogen (secondary N) is 2. The van der Waals surface area contributed by atoms with Gasteiger partial charge in [0.25, 0.3) is 0 Å². The van der Waals surface area contributed by atoms with Crippen molar-refractivity contribution in [3.63, 3.8) is 0 Å². The minimum absolute atomic E-state index is 0.0896. The summed E-state index contributed by atoms with van der Waals surface area (Å²) in [4.78, 5) is 41.6. The average Bonchev–Trinajstić information content (AvgIpc) is 3.25. The molecule has 0 saturated carbocycles. The summed E-state index contributed by atoms with van der Waals surface area (Å²) >= 11 is 3.66. The molecule has 3 heterocycles. The second-order valence-corrected chi connectivity index (χ2v) is 11.2. The van der Waals surface area contributed by atoms with Gasteiger partial charge < -0.3 is 25.4 Å². The zero-order valence-electron chi connectivity index (χ0n) is 18.9. The van der Waals surface area contributed by atoms with Crippen LogP contribution in [0.4, 0.5) is 0 Å². The Balaban J connectivity index is 1.94. The maximum atomic E-state index is 13.6. The highest BCUT2D eigenvalue weighted by Crippen LogP contribution is 2.60. The van der Waals surface area contributed by atoms with Gasteiger partial charge in [-0.05, 0) is 52.9 Å². The van der Waals surface area contributed by atoms with Crippen LogP contribution < -0.4 is 10.6 Å². The first-order chi connectivity index (χ1) is 14.6. The number of likely N-dealkylation sites (tertiary alicyclic amines) is 1. The number of carbonyl (C=O) groups excluding carboxylic acids is 3. The summed E-state index contributed by atoms with van der Waals surface area (Å²) in [5, 5.41) is 15.0. The molecule has 2 bridgehead atoms. The van der Waals surface area contributed by atoms with E-state index in [2.05, 4.69) is 26.6 Å². The van der Waals surface area contributed by atoms with E-state index in [1.165, 1.54) is 0 Å². The largest absolute Gasteiger partial charge is 0.396 e. The molecule has 3 saturated heterocycles. The number of hydrogen-bond donors (Lipinski definition) is 3. The van der Waals surface area contributed by atoms with Crippen LogP contribution in [-0.4, -0.2) is 75.5 Å². The molecule has 3 aliphatic heterocycles. The number of aliphatic hydroxyl groups excluding tert-OH is 1. The van der Waals surface area contributed by atoms with Gasteiger partial charge in [-0.15, -0.1) is 0 Å². The Labute approximate surface area is 193 Å². The highest BCUT2D eigenvalue weighted by molar-refractivity contribution is 9.09. The maximum Gasteiger partial charge on any atom is 0.246 e. The Morgan fingerprint density at radius 2 is 1.97 bits per heavy atom. The molecular weight excluding hydrogens is 466 g/mol. The molecule has 9 heteroatoms. The van der Waals surface area contributed by atoms with Gasteiger partial charge in [0.05, 0.1) is 17.9 Å². The van der Waals surface area contributed by atoms with Crippen molar-refractivity contribution in [2.75, 3.05) is 19.7 Å². The lowest BCUT2D eigenvalue weighted by atomic mass is 9.70. The molecule has 1 spiro atoms. The Bertz CT molecular complexity index is 712. The quantitative estimate of drug-likeness (QED) is 0.326. The summed E-state index contributed by atoms with van der Waals surface area (Å²) in [7, 11) is 0. The van der Waals surface area contributed by atoms with Crippen LogP contribution in [0.5, 0.6) is 0 Å². The van der Waals surface area contributed by atoms with Gasteiger partial charge in [-0.2, -0.15) is 0 Å². The van der Waals surface area contributed by atoms with Crippen molar-refractivity contribution in [1.29, 1.82) is 0 Å². The third-order valence-electron chi connectivity index (χ3n) is 6.44. The van der Waals surface area contributed by atoms with Crippen molar-refractivity contribution < 1.29 is 24.2 Å². The van der Waals surface area contributed by atoms with Gasteiger partial charge in [-0.3, -0.25) is 14.4 Å². The fourth-order valence-electron chi connectivity index (χ4n) is 5.34. The Morgan fingerprint density at radius 1 is 1.26 bits per heavy atom. The van der Waals surface area contributed by atoms with Crippen molar-refractivity contribution in [2.45, 2.75) is 87.9 Å². The van der Waals surface area contributed by atoms with Gasteiger partial charge in [-0.1, -0.05) is 22.9 Å². The molecule has 3 N–H and O–H groups in total. The van der Waals surface area contributed by atoms with Crippen molar-refractivity contribution in [3.8, 4) is 0 Å². The maximum absolute atomic E-state index is 13.6. The lowest BCUT2D eigenvalue weighted by Crippen LogP contribution is -2.58. The van der Waals surface area contributed by atoms with Crippen molar-refractivity contribution >= 4 is 33.7 Å². The highest BCUT2D eigenvalue weighted by Gasteiger charge is 2.76. The molecule has 0 aromatic rings. The third kappa shape index (κ3) is 4.50. The highest BCUT2D eigenvalue weighted by atomic mass is 79.9. The molecule has 176 valence electrons. The molecule has 3 fully saturated rings. The lowest BCUT2D eigenvalue weighted by molar-refractivity contribution is -0.142. The van der Waals surface area contributed by atoms with Gasteiger partial charge >= 0.3 is 0 Å². The van der Waals surface area contributed by atoms with Crippen LogP contribution in [0, 0.1) is 11.8 Å². The van der Waals surface area contributed by atoms with Crippen molar-refractivity contribution in [1.82, 2.24) is 15.5 Å². The van der Waals surface area contributed by atoms with Gasteiger partial charge in [0.15, 0.2) is 0 Å². The first-order valence-corrected chi connectivity index (χ1v) is 12.3. The first kappa shape index (κ1) is 24.5. The van der Waals surface area contributed by atoms with Gasteiger partial charge in [0, 0.05) is 30.1 Å². The molecular formula is C22H36BrN3O5. The molecule has 0 aromatic carbocycles. The van der Waals surface area contributed by atoms with Crippen LogP contribution in [0.15, 0.2) is 0 Å². The third-order valence-corrected chi connectivity index (χ3v) is 7.29. The Morgan fingerprint density at radius 3 is 2.58 bits per heavy atom. The van der Waals surface area contributed by atoms with E-state index in [-0.39, 0.29) is 29.2 Å². The van der Waals surface area contributed by atoms with Crippen LogP contribution in [0.25, 0.3) is 0 Å². The minimum atomic E-state index is -1.00. The van der Waals surface area contributed by atoms with Crippen molar-refractivity contribution in [2.24, 2.45) is 11.8 Å². The number of nitrogens with zero attached hydrogens (tertiary/aromatic N) is 1. The summed E-state index contributed by atoms with van der Waals surface area (Å²) in [5.41, 5.74) is -1.46. The molecule has 8 nitrogen and oxygen atoms in total. The SMILES string of the molecule is CCCNC(=O)[C@H]1[C@@H]2OC3(CC2Br)C(C(=O)NC(C)(C)C)N(CCCCCO)C(=O)[C@H]13. The van der Waals surface area contributed by atoms with Gasteiger partial charge in [0.1, 0.15) is 11.6 Å². The normalized spacial score (nSPS) is 34.2. The Hall–Kier alpha value is -1.19.